The summed E-state index contributed by atoms with van der Waals surface area (Å²) in [5.41, 5.74) is 0.647. The Morgan fingerprint density at radius 1 is 1.35 bits per heavy atom. The van der Waals surface area contributed by atoms with Gasteiger partial charge in [-0.2, -0.15) is 0 Å². The van der Waals surface area contributed by atoms with Crippen molar-refractivity contribution in [2.75, 3.05) is 25.6 Å². The van der Waals surface area contributed by atoms with Crippen LogP contribution in [-0.4, -0.2) is 49.4 Å². The number of benzene rings is 1. The number of ether oxygens (including phenoxy) is 2. The summed E-state index contributed by atoms with van der Waals surface area (Å²) in [5, 5.41) is 15.1. The number of methoxy groups -OCH3 is 1. The third-order valence-electron chi connectivity index (χ3n) is 3.35. The lowest BCUT2D eigenvalue weighted by molar-refractivity contribution is -0.141. The minimum atomic E-state index is -0.471. The van der Waals surface area contributed by atoms with Gasteiger partial charge in [-0.1, -0.05) is 0 Å². The zero-order chi connectivity index (χ0) is 15.9. The number of halogens is 1. The van der Waals surface area contributed by atoms with E-state index in [1.54, 1.807) is 24.3 Å². The Bertz CT molecular complexity index is 523. The van der Waals surface area contributed by atoms with E-state index in [-0.39, 0.29) is 43.4 Å². The maximum atomic E-state index is 12.0. The standard InChI is InChI=1S/C15H20N2O5.ClH/c1-21-14(19)6-7-22-12-4-2-10(3-5-12)17-15(20)13-8-11(18)9-16-13;/h2-5,11,13,16,18H,6-9H2,1H3,(H,17,20);1H. The molecule has 1 aliphatic rings. The minimum absolute atomic E-state index is 0. The van der Waals surface area contributed by atoms with Gasteiger partial charge in [0.15, 0.2) is 0 Å². The number of β-amino-alcohol motifs (C(OH)–C–C–N with tert-alkyl or cyclic N) is 1. The van der Waals surface area contributed by atoms with E-state index in [2.05, 4.69) is 15.4 Å². The summed E-state index contributed by atoms with van der Waals surface area (Å²) in [6.45, 7) is 0.674. The SMILES string of the molecule is COC(=O)CCOc1ccc(NC(=O)C2CC(O)CN2)cc1.Cl. The van der Waals surface area contributed by atoms with Crippen LogP contribution in [0.4, 0.5) is 5.69 Å². The summed E-state index contributed by atoms with van der Waals surface area (Å²) in [7, 11) is 1.33. The van der Waals surface area contributed by atoms with Crippen molar-refractivity contribution in [3.63, 3.8) is 0 Å². The Labute approximate surface area is 140 Å². The average molecular weight is 345 g/mol. The van der Waals surface area contributed by atoms with Crippen LogP contribution < -0.4 is 15.4 Å². The number of rotatable bonds is 6. The lowest BCUT2D eigenvalue weighted by Gasteiger charge is -2.11. The highest BCUT2D eigenvalue weighted by atomic mass is 35.5. The highest BCUT2D eigenvalue weighted by molar-refractivity contribution is 5.95. The van der Waals surface area contributed by atoms with Crippen molar-refractivity contribution in [1.29, 1.82) is 0 Å². The first-order chi connectivity index (χ1) is 10.6. The molecule has 0 aliphatic carbocycles. The van der Waals surface area contributed by atoms with Gasteiger partial charge >= 0.3 is 5.97 Å². The second-order valence-electron chi connectivity index (χ2n) is 5.04. The van der Waals surface area contributed by atoms with Gasteiger partial charge in [0.25, 0.3) is 0 Å². The first-order valence-corrected chi connectivity index (χ1v) is 7.10. The fourth-order valence-electron chi connectivity index (χ4n) is 2.13. The van der Waals surface area contributed by atoms with Crippen molar-refractivity contribution in [1.82, 2.24) is 5.32 Å². The number of hydrogen-bond donors (Lipinski definition) is 3. The molecule has 1 aliphatic heterocycles. The number of amides is 1. The van der Waals surface area contributed by atoms with Crippen LogP contribution in [-0.2, 0) is 14.3 Å². The number of carbonyl (C=O) groups excluding carboxylic acids is 2. The highest BCUT2D eigenvalue weighted by Gasteiger charge is 2.27. The van der Waals surface area contributed by atoms with E-state index in [0.29, 0.717) is 24.4 Å². The lowest BCUT2D eigenvalue weighted by Crippen LogP contribution is -2.35. The van der Waals surface area contributed by atoms with Gasteiger partial charge in [-0.05, 0) is 30.7 Å². The fraction of sp³-hybridized carbons (Fsp3) is 0.467. The van der Waals surface area contributed by atoms with Gasteiger partial charge in [-0.15, -0.1) is 12.4 Å². The number of carbonyl (C=O) groups is 2. The number of anilines is 1. The van der Waals surface area contributed by atoms with Crippen LogP contribution in [0.2, 0.25) is 0 Å². The Morgan fingerprint density at radius 3 is 2.61 bits per heavy atom. The quantitative estimate of drug-likeness (QED) is 0.658. The van der Waals surface area contributed by atoms with Crippen molar-refractivity contribution in [3.05, 3.63) is 24.3 Å². The highest BCUT2D eigenvalue weighted by Crippen LogP contribution is 2.17. The predicted molar refractivity (Wildman–Crippen MR) is 86.9 cm³/mol. The number of esters is 1. The summed E-state index contributed by atoms with van der Waals surface area (Å²) in [5.74, 6) is 0.113. The molecule has 0 spiro atoms. The zero-order valence-electron chi connectivity index (χ0n) is 12.8. The van der Waals surface area contributed by atoms with Crippen LogP contribution in [0.1, 0.15) is 12.8 Å². The van der Waals surface area contributed by atoms with E-state index in [4.69, 9.17) is 4.74 Å². The van der Waals surface area contributed by atoms with E-state index in [9.17, 15) is 14.7 Å². The largest absolute Gasteiger partial charge is 0.493 e. The molecule has 1 aromatic rings. The Balaban J connectivity index is 0.00000264. The van der Waals surface area contributed by atoms with Gasteiger partial charge < -0.3 is 25.2 Å². The molecule has 2 unspecified atom stereocenters. The molecule has 1 amide bonds. The molecule has 128 valence electrons. The van der Waals surface area contributed by atoms with Crippen molar-refractivity contribution in [2.45, 2.75) is 25.0 Å². The van der Waals surface area contributed by atoms with Gasteiger partial charge in [-0.25, -0.2) is 0 Å². The third kappa shape index (κ3) is 6.05. The molecule has 0 bridgehead atoms. The van der Waals surface area contributed by atoms with Gasteiger partial charge in [0, 0.05) is 12.2 Å². The molecule has 1 aromatic carbocycles. The van der Waals surface area contributed by atoms with Gasteiger partial charge in [0.2, 0.25) is 5.91 Å². The molecule has 3 N–H and O–H groups in total. The van der Waals surface area contributed by atoms with Gasteiger partial charge in [0.05, 0.1) is 32.3 Å². The van der Waals surface area contributed by atoms with Crippen LogP contribution in [0.25, 0.3) is 0 Å². The van der Waals surface area contributed by atoms with Crippen molar-refractivity contribution in [2.24, 2.45) is 0 Å². The fourth-order valence-corrected chi connectivity index (χ4v) is 2.13. The molecular formula is C15H21ClN2O5. The number of aliphatic hydroxyl groups excluding tert-OH is 1. The van der Waals surface area contributed by atoms with Crippen LogP contribution in [0.5, 0.6) is 5.75 Å². The van der Waals surface area contributed by atoms with Crippen LogP contribution in [0.15, 0.2) is 24.3 Å². The molecule has 1 fully saturated rings. The van der Waals surface area contributed by atoms with E-state index in [1.807, 2.05) is 0 Å². The van der Waals surface area contributed by atoms with Crippen LogP contribution in [0.3, 0.4) is 0 Å². The molecular weight excluding hydrogens is 324 g/mol. The second-order valence-corrected chi connectivity index (χ2v) is 5.04. The Morgan fingerprint density at radius 2 is 2.04 bits per heavy atom. The Kier molecular flexibility index (Phi) is 7.80. The summed E-state index contributed by atoms with van der Waals surface area (Å²) in [6.07, 6.45) is 0.131. The summed E-state index contributed by atoms with van der Waals surface area (Å²) < 4.78 is 9.91. The predicted octanol–water partition coefficient (Wildman–Crippen LogP) is 0.712. The normalized spacial score (nSPS) is 19.6. The molecule has 7 nitrogen and oxygen atoms in total. The molecule has 1 heterocycles. The van der Waals surface area contributed by atoms with Crippen molar-refractivity contribution < 1.29 is 24.2 Å². The monoisotopic (exact) mass is 344 g/mol. The topological polar surface area (TPSA) is 96.9 Å². The first kappa shape index (κ1) is 19.2. The van der Waals surface area contributed by atoms with Crippen LogP contribution in [0, 0.1) is 0 Å². The molecule has 2 atom stereocenters. The number of aliphatic hydroxyl groups is 1. The molecule has 2 rings (SSSR count). The zero-order valence-corrected chi connectivity index (χ0v) is 13.6. The van der Waals surface area contributed by atoms with Gasteiger partial charge in [-0.3, -0.25) is 9.59 Å². The maximum Gasteiger partial charge on any atom is 0.308 e. The summed E-state index contributed by atoms with van der Waals surface area (Å²) in [4.78, 5) is 22.9. The number of nitrogens with one attached hydrogen (secondary N) is 2. The summed E-state index contributed by atoms with van der Waals surface area (Å²) >= 11 is 0. The maximum absolute atomic E-state index is 12.0. The van der Waals surface area contributed by atoms with E-state index in [0.717, 1.165) is 0 Å². The lowest BCUT2D eigenvalue weighted by atomic mass is 10.2. The van der Waals surface area contributed by atoms with Crippen LogP contribution >= 0.6 is 12.4 Å². The van der Waals surface area contributed by atoms with Crippen molar-refractivity contribution >= 4 is 30.0 Å². The smallest absolute Gasteiger partial charge is 0.308 e. The molecule has 0 radical (unpaired) electrons. The molecule has 0 aromatic heterocycles. The molecule has 0 saturated carbocycles. The molecule has 8 heteroatoms. The molecule has 23 heavy (non-hydrogen) atoms. The van der Waals surface area contributed by atoms with Gasteiger partial charge in [0.1, 0.15) is 5.75 Å². The first-order valence-electron chi connectivity index (χ1n) is 7.10. The van der Waals surface area contributed by atoms with E-state index >= 15 is 0 Å². The van der Waals surface area contributed by atoms with E-state index in [1.165, 1.54) is 7.11 Å². The Hall–Kier alpha value is -1.83. The number of hydrogen-bond acceptors (Lipinski definition) is 6. The average Bonchev–Trinajstić information content (AvgIpc) is 2.95. The third-order valence-corrected chi connectivity index (χ3v) is 3.35. The van der Waals surface area contributed by atoms with E-state index < -0.39 is 6.10 Å². The second kappa shape index (κ2) is 9.34. The summed E-state index contributed by atoms with van der Waals surface area (Å²) in [6, 6.07) is 6.49. The molecule has 1 saturated heterocycles. The van der Waals surface area contributed by atoms with Crippen molar-refractivity contribution in [3.8, 4) is 5.75 Å². The minimum Gasteiger partial charge on any atom is -0.493 e.